The summed E-state index contributed by atoms with van der Waals surface area (Å²) in [6.07, 6.45) is 0. The summed E-state index contributed by atoms with van der Waals surface area (Å²) >= 11 is 0. The first kappa shape index (κ1) is 8.90. The van der Waals surface area contributed by atoms with Gasteiger partial charge in [0, 0.05) is 0 Å². The van der Waals surface area contributed by atoms with Crippen molar-refractivity contribution in [3.63, 3.8) is 0 Å². The van der Waals surface area contributed by atoms with E-state index in [0.717, 1.165) is 0 Å². The van der Waals surface area contributed by atoms with Crippen LogP contribution in [0.1, 0.15) is 0 Å². The molecule has 0 bridgehead atoms. The second-order valence-corrected chi connectivity index (χ2v) is 3.98. The number of hydrogen-bond acceptors (Lipinski definition) is 4. The summed E-state index contributed by atoms with van der Waals surface area (Å²) in [5, 5.41) is 9.78. The molecule has 0 aliphatic carbocycles. The van der Waals surface area contributed by atoms with Gasteiger partial charge in [0.05, 0.1) is 10.00 Å². The molecular formula is C6H5NO4P-. The van der Waals surface area contributed by atoms with Gasteiger partial charge in [0.15, 0.2) is 0 Å². The molecular weight excluding hydrogens is 181 g/mol. The van der Waals surface area contributed by atoms with E-state index in [2.05, 4.69) is 0 Å². The van der Waals surface area contributed by atoms with E-state index in [9.17, 15) is 19.6 Å². The van der Waals surface area contributed by atoms with Crippen molar-refractivity contribution in [2.45, 2.75) is 0 Å². The first-order valence-electron chi connectivity index (χ1n) is 3.06. The molecule has 1 rings (SSSR count). The highest BCUT2D eigenvalue weighted by atomic mass is 31.2. The molecule has 1 aromatic rings. The van der Waals surface area contributed by atoms with E-state index >= 15 is 0 Å². The molecule has 0 N–H and O–H groups in total. The van der Waals surface area contributed by atoms with Gasteiger partial charge in [-0.1, -0.05) is 18.2 Å². The Balaban J connectivity index is 3.16. The highest BCUT2D eigenvalue weighted by Crippen LogP contribution is 2.33. The van der Waals surface area contributed by atoms with Crippen LogP contribution < -0.4 is 10.2 Å². The van der Waals surface area contributed by atoms with Crippen molar-refractivity contribution in [1.29, 1.82) is 0 Å². The van der Waals surface area contributed by atoms with Crippen molar-refractivity contribution >= 4 is 12.8 Å². The summed E-state index contributed by atoms with van der Waals surface area (Å²) in [5.74, 6) is 0. The van der Waals surface area contributed by atoms with Crippen molar-refractivity contribution in [3.8, 4) is 0 Å². The maximum Gasteiger partial charge on any atom is 0.351 e. The van der Waals surface area contributed by atoms with Crippen molar-refractivity contribution in [1.82, 2.24) is 0 Å². The molecule has 0 amide bonds. The fourth-order valence-corrected chi connectivity index (χ4v) is 1.45. The molecule has 0 spiro atoms. The lowest BCUT2D eigenvalue weighted by Crippen LogP contribution is -2.20. The SMILES string of the molecule is O=[N+]([O-])P(=O)([O-])c1ccccc1. The van der Waals surface area contributed by atoms with Gasteiger partial charge in [-0.15, -0.1) is 0 Å². The monoisotopic (exact) mass is 186 g/mol. The fourth-order valence-electron chi connectivity index (χ4n) is 0.711. The van der Waals surface area contributed by atoms with E-state index in [4.69, 9.17) is 0 Å². The van der Waals surface area contributed by atoms with Crippen LogP contribution in [-0.2, 0) is 4.57 Å². The summed E-state index contributed by atoms with van der Waals surface area (Å²) in [7, 11) is -4.64. The van der Waals surface area contributed by atoms with Gasteiger partial charge in [-0.05, 0) is 12.1 Å². The standard InChI is InChI=1S/C6H6NO4P/c8-7(9)12(10,11)6-4-2-1-3-5-6/h1-5H,(H,10,11)/p-1. The Morgan fingerprint density at radius 3 is 2.17 bits per heavy atom. The molecule has 0 saturated heterocycles. The van der Waals surface area contributed by atoms with E-state index < -0.39 is 12.2 Å². The minimum atomic E-state index is -4.64. The van der Waals surface area contributed by atoms with Crippen LogP contribution in [0.25, 0.3) is 0 Å². The number of rotatable bonds is 2. The average molecular weight is 186 g/mol. The molecule has 0 radical (unpaired) electrons. The summed E-state index contributed by atoms with van der Waals surface area (Å²) in [6.45, 7) is 0. The quantitative estimate of drug-likeness (QED) is 0.373. The molecule has 0 aliphatic rings. The lowest BCUT2D eigenvalue weighted by Gasteiger charge is -2.12. The van der Waals surface area contributed by atoms with Gasteiger partial charge >= 0.3 is 7.52 Å². The van der Waals surface area contributed by atoms with Crippen molar-refractivity contribution in [3.05, 3.63) is 40.4 Å². The molecule has 0 fully saturated rings. The van der Waals surface area contributed by atoms with Crippen LogP contribution in [0.2, 0.25) is 0 Å². The fraction of sp³-hybridized carbons (Fsp3) is 0. The van der Waals surface area contributed by atoms with Crippen LogP contribution in [0.3, 0.4) is 0 Å². The summed E-state index contributed by atoms with van der Waals surface area (Å²) in [5.41, 5.74) is 0. The summed E-state index contributed by atoms with van der Waals surface area (Å²) in [6, 6.07) is 6.84. The van der Waals surface area contributed by atoms with Crippen LogP contribution in [0.4, 0.5) is 0 Å². The molecule has 6 heteroatoms. The zero-order valence-electron chi connectivity index (χ0n) is 5.91. The summed E-state index contributed by atoms with van der Waals surface area (Å²) < 4.78 is 9.59. The average Bonchev–Trinajstić information content (AvgIpc) is 2.06. The molecule has 1 aromatic carbocycles. The number of benzene rings is 1. The van der Waals surface area contributed by atoms with E-state index in [0.29, 0.717) is 0 Å². The second-order valence-electron chi connectivity index (χ2n) is 2.09. The first-order valence-corrected chi connectivity index (χ1v) is 4.64. The van der Waals surface area contributed by atoms with Crippen LogP contribution in [-0.4, -0.2) is 4.69 Å². The van der Waals surface area contributed by atoms with Crippen molar-refractivity contribution < 1.29 is 14.2 Å². The number of nitro groups is 1. The molecule has 0 saturated carbocycles. The van der Waals surface area contributed by atoms with E-state index in [1.807, 2.05) is 0 Å². The molecule has 12 heavy (non-hydrogen) atoms. The van der Waals surface area contributed by atoms with Crippen molar-refractivity contribution in [2.24, 2.45) is 0 Å². The molecule has 0 aliphatic heterocycles. The summed E-state index contributed by atoms with van der Waals surface area (Å²) in [4.78, 5) is 20.9. The zero-order valence-corrected chi connectivity index (χ0v) is 6.81. The lowest BCUT2D eigenvalue weighted by molar-refractivity contribution is -0.387. The van der Waals surface area contributed by atoms with E-state index in [1.54, 1.807) is 6.07 Å². The smallest absolute Gasteiger partial charge is 0.351 e. The van der Waals surface area contributed by atoms with Crippen LogP contribution >= 0.6 is 7.52 Å². The Labute approximate surface area is 68.3 Å². The lowest BCUT2D eigenvalue weighted by atomic mass is 10.4. The molecule has 0 aromatic heterocycles. The maximum atomic E-state index is 10.9. The Morgan fingerprint density at radius 1 is 1.25 bits per heavy atom. The Kier molecular flexibility index (Phi) is 2.26. The van der Waals surface area contributed by atoms with Gasteiger partial charge in [0.25, 0.3) is 0 Å². The molecule has 64 valence electrons. The third-order valence-electron chi connectivity index (χ3n) is 1.30. The van der Waals surface area contributed by atoms with Gasteiger partial charge in [0.1, 0.15) is 0 Å². The third kappa shape index (κ3) is 1.52. The van der Waals surface area contributed by atoms with Gasteiger partial charge in [-0.3, -0.25) is 14.7 Å². The largest absolute Gasteiger partial charge is 0.739 e. The predicted octanol–water partition coefficient (Wildman–Crippen LogP) is 0.142. The number of hydrogen-bond donors (Lipinski definition) is 0. The van der Waals surface area contributed by atoms with Gasteiger partial charge < -0.3 is 4.89 Å². The van der Waals surface area contributed by atoms with Crippen LogP contribution in [0.15, 0.2) is 30.3 Å². The number of nitrogens with zero attached hydrogens (tertiary/aromatic N) is 1. The van der Waals surface area contributed by atoms with Gasteiger partial charge in [0.2, 0.25) is 0 Å². The highest BCUT2D eigenvalue weighted by molar-refractivity contribution is 7.58. The zero-order chi connectivity index (χ0) is 9.19. The second kappa shape index (κ2) is 3.05. The normalized spacial score (nSPS) is 15.1. The minimum absolute atomic E-state index is 0.269. The predicted molar refractivity (Wildman–Crippen MR) is 40.7 cm³/mol. The molecule has 0 heterocycles. The Bertz CT molecular complexity index is 337. The van der Waals surface area contributed by atoms with Crippen LogP contribution in [0.5, 0.6) is 0 Å². The van der Waals surface area contributed by atoms with Gasteiger partial charge in [-0.2, -0.15) is 0 Å². The minimum Gasteiger partial charge on any atom is -0.739 e. The Morgan fingerprint density at radius 2 is 1.75 bits per heavy atom. The van der Waals surface area contributed by atoms with Gasteiger partial charge in [-0.25, -0.2) is 0 Å². The van der Waals surface area contributed by atoms with Crippen molar-refractivity contribution in [2.75, 3.05) is 0 Å². The third-order valence-corrected chi connectivity index (χ3v) is 2.68. The van der Waals surface area contributed by atoms with Crippen LogP contribution in [0, 0.1) is 10.1 Å². The molecule has 5 nitrogen and oxygen atoms in total. The molecule has 1 unspecified atom stereocenters. The highest BCUT2D eigenvalue weighted by Gasteiger charge is 2.23. The molecule has 1 atom stereocenters. The topological polar surface area (TPSA) is 83.3 Å². The van der Waals surface area contributed by atoms with E-state index in [-0.39, 0.29) is 5.30 Å². The Hall–Kier alpha value is -1.19. The maximum absolute atomic E-state index is 10.9. The first-order chi connectivity index (χ1) is 5.55. The van der Waals surface area contributed by atoms with E-state index in [1.165, 1.54) is 24.3 Å².